The van der Waals surface area contributed by atoms with Crippen molar-refractivity contribution in [2.24, 2.45) is 5.92 Å². The van der Waals surface area contributed by atoms with E-state index in [1.165, 1.54) is 56.1 Å². The van der Waals surface area contributed by atoms with Crippen molar-refractivity contribution < 1.29 is 0 Å². The van der Waals surface area contributed by atoms with Gasteiger partial charge >= 0.3 is 0 Å². The van der Waals surface area contributed by atoms with E-state index in [1.54, 1.807) is 0 Å². The number of hydrogen-bond acceptors (Lipinski definition) is 3. The third-order valence-electron chi connectivity index (χ3n) is 5.33. The predicted molar refractivity (Wildman–Crippen MR) is 88.5 cm³/mol. The molecule has 1 unspecified atom stereocenters. The largest absolute Gasteiger partial charge is 0.397 e. The second-order valence-corrected chi connectivity index (χ2v) is 6.52. The van der Waals surface area contributed by atoms with Gasteiger partial charge in [0.05, 0.1) is 11.2 Å². The van der Waals surface area contributed by atoms with Crippen LogP contribution in [0.1, 0.15) is 38.5 Å². The summed E-state index contributed by atoms with van der Waals surface area (Å²) in [6, 6.07) is 9.13. The molecule has 1 aromatic carbocycles. The van der Waals surface area contributed by atoms with E-state index in [0.717, 1.165) is 23.2 Å². The van der Waals surface area contributed by atoms with Gasteiger partial charge in [0.25, 0.3) is 0 Å². The van der Waals surface area contributed by atoms with Gasteiger partial charge in [-0.15, -0.1) is 0 Å². The number of rotatable bonds is 2. The molecule has 4 rings (SSSR count). The number of aromatic nitrogens is 1. The lowest BCUT2D eigenvalue weighted by Crippen LogP contribution is -2.34. The first-order chi connectivity index (χ1) is 10.3. The van der Waals surface area contributed by atoms with Crippen LogP contribution in [0.3, 0.4) is 0 Å². The number of pyridine rings is 1. The Morgan fingerprint density at radius 1 is 1.05 bits per heavy atom. The minimum absolute atomic E-state index is 0.722. The third-order valence-corrected chi connectivity index (χ3v) is 5.33. The van der Waals surface area contributed by atoms with E-state index in [2.05, 4.69) is 22.0 Å². The van der Waals surface area contributed by atoms with E-state index in [9.17, 15) is 0 Å². The van der Waals surface area contributed by atoms with Crippen molar-refractivity contribution in [3.8, 4) is 0 Å². The molecule has 1 saturated heterocycles. The summed E-state index contributed by atoms with van der Waals surface area (Å²) in [6.45, 7) is 1.18. The van der Waals surface area contributed by atoms with E-state index in [4.69, 9.17) is 5.73 Å². The van der Waals surface area contributed by atoms with Crippen LogP contribution in [0.25, 0.3) is 10.9 Å². The topological polar surface area (TPSA) is 42.1 Å². The van der Waals surface area contributed by atoms with Gasteiger partial charge in [-0.25, -0.2) is 0 Å². The lowest BCUT2D eigenvalue weighted by molar-refractivity contribution is 0.431. The van der Waals surface area contributed by atoms with Crippen molar-refractivity contribution in [1.29, 1.82) is 0 Å². The van der Waals surface area contributed by atoms with Crippen molar-refractivity contribution in [3.63, 3.8) is 0 Å². The Morgan fingerprint density at radius 2 is 1.90 bits per heavy atom. The second kappa shape index (κ2) is 5.21. The molecule has 2 N–H and O–H groups in total. The molecule has 0 radical (unpaired) electrons. The van der Waals surface area contributed by atoms with Gasteiger partial charge in [-0.05, 0) is 55.9 Å². The van der Waals surface area contributed by atoms with E-state index in [1.807, 2.05) is 18.3 Å². The van der Waals surface area contributed by atoms with Crippen LogP contribution in [-0.2, 0) is 0 Å². The highest BCUT2D eigenvalue weighted by Crippen LogP contribution is 2.40. The summed E-state index contributed by atoms with van der Waals surface area (Å²) in [6.07, 6.45) is 10.1. The second-order valence-electron chi connectivity index (χ2n) is 6.52. The van der Waals surface area contributed by atoms with Gasteiger partial charge < -0.3 is 10.6 Å². The molecule has 21 heavy (non-hydrogen) atoms. The number of nitrogen functional groups attached to an aromatic ring is 1. The van der Waals surface area contributed by atoms with Crippen molar-refractivity contribution in [2.75, 3.05) is 17.2 Å². The van der Waals surface area contributed by atoms with Crippen LogP contribution in [0.15, 0.2) is 30.5 Å². The van der Waals surface area contributed by atoms with Crippen molar-refractivity contribution in [1.82, 2.24) is 4.98 Å². The first-order valence-corrected chi connectivity index (χ1v) is 8.24. The summed E-state index contributed by atoms with van der Waals surface area (Å²) in [5.74, 6) is 0.886. The van der Waals surface area contributed by atoms with Crippen LogP contribution < -0.4 is 10.6 Å². The molecule has 1 aliphatic carbocycles. The average Bonchev–Trinajstić information content (AvgIpc) is 3.19. The smallest absolute Gasteiger partial charge is 0.0951 e. The molecule has 110 valence electrons. The highest BCUT2D eigenvalue weighted by atomic mass is 15.2. The number of anilines is 2. The van der Waals surface area contributed by atoms with Crippen LogP contribution in [-0.4, -0.2) is 17.6 Å². The minimum atomic E-state index is 0.722. The summed E-state index contributed by atoms with van der Waals surface area (Å²) in [4.78, 5) is 7.12. The average molecular weight is 281 g/mol. The van der Waals surface area contributed by atoms with E-state index in [0.29, 0.717) is 0 Å². The molecule has 2 aromatic rings. The van der Waals surface area contributed by atoms with Gasteiger partial charge in [0, 0.05) is 29.9 Å². The molecule has 2 fully saturated rings. The molecule has 2 heterocycles. The Labute approximate surface area is 126 Å². The molecular formula is C18H23N3. The Bertz CT molecular complexity index is 646. The SMILES string of the molecule is Nc1ccc(N2CCCC2C2CCCC2)c2cccnc12. The van der Waals surface area contributed by atoms with Crippen LogP contribution in [0, 0.1) is 5.92 Å². The molecule has 0 amide bonds. The zero-order valence-electron chi connectivity index (χ0n) is 12.5. The quantitative estimate of drug-likeness (QED) is 0.847. The molecule has 0 bridgehead atoms. The predicted octanol–water partition coefficient (Wildman–Crippen LogP) is 3.98. The zero-order chi connectivity index (χ0) is 14.2. The van der Waals surface area contributed by atoms with Gasteiger partial charge in [-0.3, -0.25) is 4.98 Å². The van der Waals surface area contributed by atoms with Gasteiger partial charge in [-0.1, -0.05) is 12.8 Å². The van der Waals surface area contributed by atoms with E-state index in [-0.39, 0.29) is 0 Å². The van der Waals surface area contributed by atoms with Gasteiger partial charge in [0.15, 0.2) is 0 Å². The number of nitrogens with two attached hydrogens (primary N) is 1. The van der Waals surface area contributed by atoms with Crippen molar-refractivity contribution in [2.45, 2.75) is 44.6 Å². The summed E-state index contributed by atoms with van der Waals surface area (Å²) < 4.78 is 0. The molecule has 1 aromatic heterocycles. The molecule has 3 nitrogen and oxygen atoms in total. The molecule has 2 aliphatic rings. The van der Waals surface area contributed by atoms with Gasteiger partial charge in [0.2, 0.25) is 0 Å². The summed E-state index contributed by atoms with van der Waals surface area (Å²) in [5, 5.41) is 1.21. The maximum atomic E-state index is 6.10. The molecule has 1 atom stereocenters. The summed E-state index contributed by atoms with van der Waals surface area (Å²) in [5.41, 5.74) is 9.17. The van der Waals surface area contributed by atoms with E-state index < -0.39 is 0 Å². The Morgan fingerprint density at radius 3 is 2.76 bits per heavy atom. The number of benzene rings is 1. The monoisotopic (exact) mass is 281 g/mol. The minimum Gasteiger partial charge on any atom is -0.397 e. The number of fused-ring (bicyclic) bond motifs is 1. The molecule has 1 saturated carbocycles. The fourth-order valence-corrected chi connectivity index (χ4v) is 4.35. The maximum absolute atomic E-state index is 6.10. The third kappa shape index (κ3) is 2.15. The normalized spacial score (nSPS) is 23.2. The molecular weight excluding hydrogens is 258 g/mol. The highest BCUT2D eigenvalue weighted by Gasteiger charge is 2.34. The fraction of sp³-hybridized carbons (Fsp3) is 0.500. The molecule has 1 aliphatic heterocycles. The number of nitrogens with zero attached hydrogens (tertiary/aromatic N) is 2. The first kappa shape index (κ1) is 12.9. The van der Waals surface area contributed by atoms with Gasteiger partial charge in [0.1, 0.15) is 0 Å². The number of hydrogen-bond donors (Lipinski definition) is 1. The van der Waals surface area contributed by atoms with Crippen LogP contribution in [0.4, 0.5) is 11.4 Å². The van der Waals surface area contributed by atoms with Crippen LogP contribution in [0.2, 0.25) is 0 Å². The van der Waals surface area contributed by atoms with Gasteiger partial charge in [-0.2, -0.15) is 0 Å². The fourth-order valence-electron chi connectivity index (χ4n) is 4.35. The highest BCUT2D eigenvalue weighted by molar-refractivity contribution is 5.98. The Hall–Kier alpha value is -1.77. The summed E-state index contributed by atoms with van der Waals surface area (Å²) >= 11 is 0. The standard InChI is InChI=1S/C18H23N3/c19-15-9-10-17(14-7-3-11-20-18(14)15)21-12-4-8-16(21)13-5-1-2-6-13/h3,7,9-11,13,16H,1-2,4-6,8,12,19H2. The maximum Gasteiger partial charge on any atom is 0.0951 e. The van der Waals surface area contributed by atoms with Crippen LogP contribution in [0.5, 0.6) is 0 Å². The molecule has 3 heteroatoms. The van der Waals surface area contributed by atoms with Crippen LogP contribution >= 0.6 is 0 Å². The van der Waals surface area contributed by atoms with Crippen molar-refractivity contribution in [3.05, 3.63) is 30.5 Å². The Kier molecular flexibility index (Phi) is 3.21. The molecule has 0 spiro atoms. The first-order valence-electron chi connectivity index (χ1n) is 8.24. The van der Waals surface area contributed by atoms with Crippen molar-refractivity contribution >= 4 is 22.3 Å². The lowest BCUT2D eigenvalue weighted by atomic mass is 9.95. The lowest BCUT2D eigenvalue weighted by Gasteiger charge is -2.32. The zero-order valence-corrected chi connectivity index (χ0v) is 12.5. The van der Waals surface area contributed by atoms with E-state index >= 15 is 0 Å². The Balaban J connectivity index is 1.77. The summed E-state index contributed by atoms with van der Waals surface area (Å²) in [7, 11) is 0.